The van der Waals surface area contributed by atoms with Crippen molar-refractivity contribution in [3.63, 3.8) is 0 Å². The number of benzene rings is 1. The zero-order chi connectivity index (χ0) is 18.1. The largest absolute Gasteiger partial charge is 0.395 e. The molecule has 0 spiro atoms. The molecule has 0 amide bonds. The molecule has 0 radical (unpaired) electrons. The van der Waals surface area contributed by atoms with E-state index in [0.717, 1.165) is 18.2 Å². The molecule has 0 atom stereocenters. The third-order valence-electron chi connectivity index (χ3n) is 4.97. The van der Waals surface area contributed by atoms with Gasteiger partial charge < -0.3 is 16.0 Å². The predicted octanol–water partition coefficient (Wildman–Crippen LogP) is 3.72. The maximum Gasteiger partial charge on any atom is 0.226 e. The van der Waals surface area contributed by atoms with Crippen molar-refractivity contribution in [3.8, 4) is 0 Å². The average Bonchev–Trinajstić information content (AvgIpc) is 3.14. The van der Waals surface area contributed by atoms with E-state index in [1.165, 1.54) is 19.3 Å². The molecule has 0 saturated heterocycles. The highest BCUT2D eigenvalue weighted by Crippen LogP contribution is 2.36. The lowest BCUT2D eigenvalue weighted by atomic mass is 9.95. The second-order valence-corrected chi connectivity index (χ2v) is 8.61. The van der Waals surface area contributed by atoms with Crippen LogP contribution in [0, 0.1) is 0 Å². The normalized spacial score (nSPS) is 16.0. The molecular weight excluding hydrogens is 348 g/mol. The summed E-state index contributed by atoms with van der Waals surface area (Å²) in [5.41, 5.74) is 7.70. The minimum absolute atomic E-state index is 0.100. The van der Waals surface area contributed by atoms with E-state index in [0.29, 0.717) is 17.4 Å². The molecule has 4 rings (SSSR count). The fourth-order valence-electron chi connectivity index (χ4n) is 3.59. The number of aromatic amines is 1. The number of rotatable bonds is 4. The summed E-state index contributed by atoms with van der Waals surface area (Å²) in [6.07, 6.45) is 7.48. The van der Waals surface area contributed by atoms with Crippen LogP contribution in [0.3, 0.4) is 0 Å². The van der Waals surface area contributed by atoms with Crippen molar-refractivity contribution in [1.29, 1.82) is 0 Å². The van der Waals surface area contributed by atoms with E-state index in [4.69, 9.17) is 5.73 Å². The summed E-state index contributed by atoms with van der Waals surface area (Å²) in [4.78, 5) is 7.53. The van der Waals surface area contributed by atoms with Crippen LogP contribution in [0.25, 0.3) is 11.0 Å². The molecule has 3 aromatic rings. The van der Waals surface area contributed by atoms with Gasteiger partial charge in [-0.05, 0) is 31.0 Å². The summed E-state index contributed by atoms with van der Waals surface area (Å²) in [5.74, 6) is 0. The molecule has 7 heteroatoms. The third kappa shape index (κ3) is 2.92. The quantitative estimate of drug-likeness (QED) is 0.650. The van der Waals surface area contributed by atoms with Gasteiger partial charge in [-0.1, -0.05) is 37.5 Å². The van der Waals surface area contributed by atoms with Crippen LogP contribution in [0.5, 0.6) is 0 Å². The minimum Gasteiger partial charge on any atom is -0.395 e. The Morgan fingerprint density at radius 2 is 1.81 bits per heavy atom. The molecule has 1 saturated carbocycles. The van der Waals surface area contributed by atoms with E-state index < -0.39 is 9.84 Å². The molecule has 6 nitrogen and oxygen atoms in total. The van der Waals surface area contributed by atoms with E-state index >= 15 is 0 Å². The van der Waals surface area contributed by atoms with Gasteiger partial charge in [0.25, 0.3) is 0 Å². The Bertz CT molecular complexity index is 1020. The van der Waals surface area contributed by atoms with Gasteiger partial charge >= 0.3 is 0 Å². The van der Waals surface area contributed by atoms with Gasteiger partial charge in [-0.25, -0.2) is 13.4 Å². The molecule has 26 heavy (non-hydrogen) atoms. The second kappa shape index (κ2) is 6.64. The first-order valence-electron chi connectivity index (χ1n) is 8.90. The number of hydrogen-bond donors (Lipinski definition) is 3. The van der Waals surface area contributed by atoms with Gasteiger partial charge in [0.1, 0.15) is 5.65 Å². The Kier molecular flexibility index (Phi) is 4.32. The number of anilines is 2. The highest BCUT2D eigenvalue weighted by molar-refractivity contribution is 7.91. The van der Waals surface area contributed by atoms with Crippen molar-refractivity contribution in [2.75, 3.05) is 11.1 Å². The van der Waals surface area contributed by atoms with E-state index in [2.05, 4.69) is 15.3 Å². The standard InChI is InChI=1S/C19H22N4O2S/c20-16-17(22-13-7-3-1-4-8-13)15-11-12-21-18(15)23-19(16)26(24,25)14-9-5-2-6-10-14/h2,5-6,9-13H,1,3-4,7-8,20H2,(H2,21,22,23). The van der Waals surface area contributed by atoms with Crippen LogP contribution in [0.2, 0.25) is 0 Å². The third-order valence-corrected chi connectivity index (χ3v) is 6.68. The number of nitrogens with two attached hydrogens (primary N) is 1. The summed E-state index contributed by atoms with van der Waals surface area (Å²) in [7, 11) is -3.80. The Labute approximate surface area is 152 Å². The molecule has 2 heterocycles. The first-order chi connectivity index (χ1) is 12.6. The van der Waals surface area contributed by atoms with Crippen LogP contribution in [-0.4, -0.2) is 24.4 Å². The highest BCUT2D eigenvalue weighted by Gasteiger charge is 2.27. The Hall–Kier alpha value is -2.54. The van der Waals surface area contributed by atoms with Crippen LogP contribution < -0.4 is 11.1 Å². The maximum atomic E-state index is 13.1. The number of nitrogens with one attached hydrogen (secondary N) is 2. The van der Waals surface area contributed by atoms with Gasteiger partial charge in [0, 0.05) is 17.6 Å². The SMILES string of the molecule is Nc1c(S(=O)(=O)c2ccccc2)nc2[nH]ccc2c1NC1CCCCC1. The molecule has 1 aliphatic carbocycles. The maximum absolute atomic E-state index is 13.1. The van der Waals surface area contributed by atoms with Crippen LogP contribution >= 0.6 is 0 Å². The molecule has 2 aromatic heterocycles. The summed E-state index contributed by atoms with van der Waals surface area (Å²) < 4.78 is 26.2. The van der Waals surface area contributed by atoms with Gasteiger partial charge in [-0.15, -0.1) is 0 Å². The fourth-order valence-corrected chi connectivity index (χ4v) is 4.93. The van der Waals surface area contributed by atoms with Crippen LogP contribution in [0.1, 0.15) is 32.1 Å². The number of pyridine rings is 1. The highest BCUT2D eigenvalue weighted by atomic mass is 32.2. The number of aromatic nitrogens is 2. The minimum atomic E-state index is -3.80. The van der Waals surface area contributed by atoms with Crippen molar-refractivity contribution in [3.05, 3.63) is 42.6 Å². The Morgan fingerprint density at radius 1 is 1.08 bits per heavy atom. The van der Waals surface area contributed by atoms with Crippen molar-refractivity contribution in [2.45, 2.75) is 48.1 Å². The summed E-state index contributed by atoms with van der Waals surface area (Å²) in [6, 6.07) is 10.5. The first kappa shape index (κ1) is 16.9. The van der Waals surface area contributed by atoms with Gasteiger partial charge in [0.15, 0.2) is 5.03 Å². The molecular formula is C19H22N4O2S. The molecule has 1 fully saturated rings. The lowest BCUT2D eigenvalue weighted by Gasteiger charge is -2.25. The van der Waals surface area contributed by atoms with Crippen LogP contribution in [-0.2, 0) is 9.84 Å². The molecule has 1 aliphatic rings. The van der Waals surface area contributed by atoms with E-state index in [1.807, 2.05) is 6.07 Å². The molecule has 136 valence electrons. The Morgan fingerprint density at radius 3 is 2.54 bits per heavy atom. The number of fused-ring (bicyclic) bond motifs is 1. The number of nitrogens with zero attached hydrogens (tertiary/aromatic N) is 1. The fraction of sp³-hybridized carbons (Fsp3) is 0.316. The molecule has 0 unspecified atom stereocenters. The zero-order valence-electron chi connectivity index (χ0n) is 14.4. The summed E-state index contributed by atoms with van der Waals surface area (Å²) >= 11 is 0. The predicted molar refractivity (Wildman–Crippen MR) is 103 cm³/mol. The Balaban J connectivity index is 1.85. The van der Waals surface area contributed by atoms with Crippen LogP contribution in [0.4, 0.5) is 11.4 Å². The monoisotopic (exact) mass is 370 g/mol. The van der Waals surface area contributed by atoms with Gasteiger partial charge in [-0.2, -0.15) is 0 Å². The second-order valence-electron chi connectivity index (χ2n) is 6.74. The van der Waals surface area contributed by atoms with Gasteiger partial charge in [0.05, 0.1) is 16.3 Å². The van der Waals surface area contributed by atoms with E-state index in [1.54, 1.807) is 36.5 Å². The van der Waals surface area contributed by atoms with E-state index in [-0.39, 0.29) is 15.6 Å². The summed E-state index contributed by atoms with van der Waals surface area (Å²) in [6.45, 7) is 0. The number of sulfone groups is 1. The van der Waals surface area contributed by atoms with Gasteiger partial charge in [0.2, 0.25) is 9.84 Å². The van der Waals surface area contributed by atoms with Crippen molar-refractivity contribution in [1.82, 2.24) is 9.97 Å². The van der Waals surface area contributed by atoms with Crippen molar-refractivity contribution in [2.24, 2.45) is 0 Å². The number of hydrogen-bond acceptors (Lipinski definition) is 5. The van der Waals surface area contributed by atoms with E-state index in [9.17, 15) is 8.42 Å². The molecule has 4 N–H and O–H groups in total. The first-order valence-corrected chi connectivity index (χ1v) is 10.4. The molecule has 0 aliphatic heterocycles. The lowest BCUT2D eigenvalue weighted by molar-refractivity contribution is 0.463. The lowest BCUT2D eigenvalue weighted by Crippen LogP contribution is -2.23. The van der Waals surface area contributed by atoms with Crippen LogP contribution in [0.15, 0.2) is 52.5 Å². The molecule has 1 aromatic carbocycles. The number of H-pyrrole nitrogens is 1. The number of nitrogen functional groups attached to an aromatic ring is 1. The average molecular weight is 370 g/mol. The van der Waals surface area contributed by atoms with Gasteiger partial charge in [-0.3, -0.25) is 0 Å². The smallest absolute Gasteiger partial charge is 0.226 e. The van der Waals surface area contributed by atoms with Crippen molar-refractivity contribution >= 4 is 32.2 Å². The topological polar surface area (TPSA) is 101 Å². The molecule has 0 bridgehead atoms. The summed E-state index contributed by atoms with van der Waals surface area (Å²) in [5, 5.41) is 4.21. The van der Waals surface area contributed by atoms with Crippen molar-refractivity contribution < 1.29 is 8.42 Å². The zero-order valence-corrected chi connectivity index (χ0v) is 15.2.